The van der Waals surface area contributed by atoms with Crippen molar-refractivity contribution in [1.29, 1.82) is 0 Å². The lowest BCUT2D eigenvalue weighted by molar-refractivity contribution is -0.221. The fourth-order valence-electron chi connectivity index (χ4n) is 1.07. The van der Waals surface area contributed by atoms with Crippen LogP contribution in [0.4, 0.5) is 13.2 Å². The summed E-state index contributed by atoms with van der Waals surface area (Å²) in [5, 5.41) is 0. The summed E-state index contributed by atoms with van der Waals surface area (Å²) in [7, 11) is 0. The van der Waals surface area contributed by atoms with E-state index in [1.54, 1.807) is 0 Å². The van der Waals surface area contributed by atoms with Crippen LogP contribution in [-0.4, -0.2) is 18.2 Å². The fraction of sp³-hybridized carbons (Fsp3) is 0.889. The van der Waals surface area contributed by atoms with Crippen LogP contribution < -0.4 is 0 Å². The van der Waals surface area contributed by atoms with Gasteiger partial charge in [-0.1, -0.05) is 19.8 Å². The second kappa shape index (κ2) is 5.88. The molecule has 2 nitrogen and oxygen atoms in total. The number of unbranched alkanes of at least 4 members (excludes halogenated alkanes) is 2. The first-order chi connectivity index (χ1) is 6.38. The Morgan fingerprint density at radius 2 is 1.93 bits per heavy atom. The fourth-order valence-corrected chi connectivity index (χ4v) is 1.07. The van der Waals surface area contributed by atoms with Crippen molar-refractivity contribution in [1.82, 2.24) is 0 Å². The molecular weight excluding hydrogens is 197 g/mol. The molecule has 0 unspecified atom stereocenters. The summed E-state index contributed by atoms with van der Waals surface area (Å²) in [5.41, 5.74) is 0. The molecule has 0 aliphatic rings. The highest BCUT2D eigenvalue weighted by atomic mass is 19.4. The summed E-state index contributed by atoms with van der Waals surface area (Å²) in [6, 6.07) is 0. The summed E-state index contributed by atoms with van der Waals surface area (Å²) >= 11 is 0. The Labute approximate surface area is 81.4 Å². The summed E-state index contributed by atoms with van der Waals surface area (Å²) in [4.78, 5) is 10.4. The lowest BCUT2D eigenvalue weighted by atomic mass is 10.1. The summed E-state index contributed by atoms with van der Waals surface area (Å²) in [6.45, 7) is 2.88. The van der Waals surface area contributed by atoms with Crippen LogP contribution in [0.1, 0.15) is 39.5 Å². The van der Waals surface area contributed by atoms with Crippen molar-refractivity contribution in [2.45, 2.75) is 51.8 Å². The molecule has 0 aliphatic carbocycles. The largest absolute Gasteiger partial charge is 0.453 e. The van der Waals surface area contributed by atoms with Gasteiger partial charge in [0.25, 0.3) is 0 Å². The number of carbonyl (C=O) groups excluding carboxylic acids is 1. The number of alkyl halides is 3. The third-order valence-electron chi connectivity index (χ3n) is 1.74. The van der Waals surface area contributed by atoms with E-state index in [-0.39, 0.29) is 6.42 Å². The molecule has 0 rings (SSSR count). The van der Waals surface area contributed by atoms with Gasteiger partial charge in [0, 0.05) is 6.92 Å². The van der Waals surface area contributed by atoms with E-state index in [2.05, 4.69) is 4.74 Å². The molecule has 84 valence electrons. The number of ether oxygens (including phenoxy) is 1. The lowest BCUT2D eigenvalue weighted by Crippen LogP contribution is -2.33. The van der Waals surface area contributed by atoms with Crippen LogP contribution in [0.15, 0.2) is 0 Å². The predicted octanol–water partition coefficient (Wildman–Crippen LogP) is 3.06. The Balaban J connectivity index is 4.05. The van der Waals surface area contributed by atoms with Gasteiger partial charge >= 0.3 is 12.1 Å². The van der Waals surface area contributed by atoms with Crippen LogP contribution in [0, 0.1) is 0 Å². The molecule has 14 heavy (non-hydrogen) atoms. The summed E-state index contributed by atoms with van der Waals surface area (Å²) in [6.07, 6.45) is -4.55. The van der Waals surface area contributed by atoms with Crippen molar-refractivity contribution in [3.63, 3.8) is 0 Å². The Hall–Kier alpha value is -0.740. The third-order valence-corrected chi connectivity index (χ3v) is 1.74. The number of hydrogen-bond acceptors (Lipinski definition) is 2. The highest BCUT2D eigenvalue weighted by Crippen LogP contribution is 2.27. The highest BCUT2D eigenvalue weighted by Gasteiger charge is 2.41. The monoisotopic (exact) mass is 212 g/mol. The highest BCUT2D eigenvalue weighted by molar-refractivity contribution is 5.66. The Morgan fingerprint density at radius 3 is 2.29 bits per heavy atom. The zero-order valence-corrected chi connectivity index (χ0v) is 8.36. The average Bonchev–Trinajstić information content (AvgIpc) is 2.00. The topological polar surface area (TPSA) is 26.3 Å². The standard InChI is InChI=1S/C9H15F3O2/c1-3-4-5-6-8(9(10,11)12)14-7(2)13/h8H,3-6H2,1-2H3/t8-/m0/s1. The van der Waals surface area contributed by atoms with Crippen LogP contribution in [0.3, 0.4) is 0 Å². The van der Waals surface area contributed by atoms with Crippen molar-refractivity contribution < 1.29 is 22.7 Å². The minimum Gasteiger partial charge on any atom is -0.453 e. The molecule has 0 saturated carbocycles. The van der Waals surface area contributed by atoms with Crippen LogP contribution in [-0.2, 0) is 9.53 Å². The average molecular weight is 212 g/mol. The molecule has 0 aromatic carbocycles. The number of halogens is 3. The first-order valence-corrected chi connectivity index (χ1v) is 4.61. The van der Waals surface area contributed by atoms with Crippen LogP contribution in [0.5, 0.6) is 0 Å². The SMILES string of the molecule is CCCCC[C@H](OC(C)=O)C(F)(F)F. The Bertz CT molecular complexity index is 177. The summed E-state index contributed by atoms with van der Waals surface area (Å²) in [5.74, 6) is -0.885. The molecule has 0 heterocycles. The van der Waals surface area contributed by atoms with Crippen LogP contribution in [0.25, 0.3) is 0 Å². The van der Waals surface area contributed by atoms with Crippen LogP contribution >= 0.6 is 0 Å². The Kier molecular flexibility index (Phi) is 5.57. The van der Waals surface area contributed by atoms with Gasteiger partial charge in [-0.2, -0.15) is 13.2 Å². The maximum Gasteiger partial charge on any atom is 0.425 e. The van der Waals surface area contributed by atoms with Crippen molar-refractivity contribution in [3.05, 3.63) is 0 Å². The Morgan fingerprint density at radius 1 is 1.36 bits per heavy atom. The molecule has 0 aromatic heterocycles. The van der Waals surface area contributed by atoms with Gasteiger partial charge in [-0.15, -0.1) is 0 Å². The number of rotatable bonds is 5. The molecule has 0 bridgehead atoms. The second-order valence-corrected chi connectivity index (χ2v) is 3.14. The van der Waals surface area contributed by atoms with Crippen LogP contribution in [0.2, 0.25) is 0 Å². The molecule has 5 heteroatoms. The molecule has 0 amide bonds. The molecular formula is C9H15F3O2. The third kappa shape index (κ3) is 5.83. The van der Waals surface area contributed by atoms with E-state index in [9.17, 15) is 18.0 Å². The van der Waals surface area contributed by atoms with E-state index in [4.69, 9.17) is 0 Å². The normalized spacial score (nSPS) is 13.8. The minimum absolute atomic E-state index is 0.142. The van der Waals surface area contributed by atoms with Gasteiger partial charge in [0.2, 0.25) is 0 Å². The van der Waals surface area contributed by atoms with Crippen molar-refractivity contribution >= 4 is 5.97 Å². The molecule has 0 aliphatic heterocycles. The molecule has 1 atom stereocenters. The predicted molar refractivity (Wildman–Crippen MR) is 45.8 cm³/mol. The van der Waals surface area contributed by atoms with E-state index in [0.717, 1.165) is 13.3 Å². The van der Waals surface area contributed by atoms with Gasteiger partial charge in [-0.05, 0) is 12.8 Å². The van der Waals surface area contributed by atoms with E-state index in [1.165, 1.54) is 0 Å². The molecule has 0 fully saturated rings. The minimum atomic E-state index is -4.45. The maximum atomic E-state index is 12.2. The van der Waals surface area contributed by atoms with Crippen molar-refractivity contribution in [2.24, 2.45) is 0 Å². The van der Waals surface area contributed by atoms with Crippen molar-refractivity contribution in [2.75, 3.05) is 0 Å². The first-order valence-electron chi connectivity index (χ1n) is 4.61. The number of carbonyl (C=O) groups is 1. The maximum absolute atomic E-state index is 12.2. The molecule has 0 N–H and O–H groups in total. The first kappa shape index (κ1) is 13.3. The van der Waals surface area contributed by atoms with Crippen molar-refractivity contribution in [3.8, 4) is 0 Å². The quantitative estimate of drug-likeness (QED) is 0.517. The van der Waals surface area contributed by atoms with Gasteiger partial charge in [0.05, 0.1) is 0 Å². The van der Waals surface area contributed by atoms with Gasteiger partial charge in [0.15, 0.2) is 6.10 Å². The lowest BCUT2D eigenvalue weighted by Gasteiger charge is -2.19. The van der Waals surface area contributed by atoms with Gasteiger partial charge < -0.3 is 4.74 Å². The smallest absolute Gasteiger partial charge is 0.425 e. The zero-order valence-electron chi connectivity index (χ0n) is 8.36. The van der Waals surface area contributed by atoms with Gasteiger partial charge in [0.1, 0.15) is 0 Å². The number of hydrogen-bond donors (Lipinski definition) is 0. The van der Waals surface area contributed by atoms with E-state index in [0.29, 0.717) is 12.8 Å². The molecule has 0 saturated heterocycles. The second-order valence-electron chi connectivity index (χ2n) is 3.14. The van der Waals surface area contributed by atoms with Gasteiger partial charge in [-0.3, -0.25) is 4.79 Å². The number of esters is 1. The van der Waals surface area contributed by atoms with E-state index in [1.807, 2.05) is 6.92 Å². The molecule has 0 radical (unpaired) electrons. The van der Waals surface area contributed by atoms with Gasteiger partial charge in [-0.25, -0.2) is 0 Å². The van der Waals surface area contributed by atoms with E-state index < -0.39 is 18.2 Å². The molecule has 0 spiro atoms. The zero-order chi connectivity index (χ0) is 11.2. The summed E-state index contributed by atoms with van der Waals surface area (Å²) < 4.78 is 40.9. The molecule has 0 aromatic rings. The van der Waals surface area contributed by atoms with E-state index >= 15 is 0 Å².